The van der Waals surface area contributed by atoms with Crippen LogP contribution in [0.1, 0.15) is 30.5 Å². The second kappa shape index (κ2) is 11.3. The third-order valence-corrected chi connectivity index (χ3v) is 6.69. The first-order chi connectivity index (χ1) is 17.6. The Morgan fingerprint density at radius 2 is 1.86 bits per heavy atom. The van der Waals surface area contributed by atoms with Gasteiger partial charge in [-0.3, -0.25) is 0 Å². The first-order valence-electron chi connectivity index (χ1n) is 11.8. The van der Waals surface area contributed by atoms with Crippen molar-refractivity contribution in [1.29, 1.82) is 0 Å². The minimum Gasteiger partial charge on any atom is -0.482 e. The van der Waals surface area contributed by atoms with Gasteiger partial charge in [0.1, 0.15) is 11.3 Å². The fraction of sp³-hybridized carbons (Fsp3) is 0.286. The second-order valence-corrected chi connectivity index (χ2v) is 10.0. The van der Waals surface area contributed by atoms with Gasteiger partial charge in [-0.15, -0.1) is 11.8 Å². The molecule has 1 heterocycles. The van der Waals surface area contributed by atoms with Crippen LogP contribution in [0.25, 0.3) is 22.6 Å². The fourth-order valence-corrected chi connectivity index (χ4v) is 4.99. The maximum absolute atomic E-state index is 12.9. The van der Waals surface area contributed by atoms with Gasteiger partial charge < -0.3 is 13.9 Å². The maximum Gasteiger partial charge on any atom is 0.416 e. The summed E-state index contributed by atoms with van der Waals surface area (Å²) in [5.41, 5.74) is 2.94. The van der Waals surface area contributed by atoms with E-state index in [-0.39, 0.29) is 17.7 Å². The van der Waals surface area contributed by atoms with Gasteiger partial charge in [-0.25, -0.2) is 9.78 Å². The Morgan fingerprint density at radius 3 is 2.54 bits per heavy atom. The van der Waals surface area contributed by atoms with E-state index in [4.69, 9.17) is 13.9 Å². The smallest absolute Gasteiger partial charge is 0.416 e. The average Bonchev–Trinajstić information content (AvgIpc) is 3.29. The Morgan fingerprint density at radius 1 is 1.11 bits per heavy atom. The molecule has 0 fully saturated rings. The lowest BCUT2D eigenvalue weighted by molar-refractivity contribution is -0.145. The van der Waals surface area contributed by atoms with E-state index < -0.39 is 17.7 Å². The maximum atomic E-state index is 12.9. The van der Waals surface area contributed by atoms with Gasteiger partial charge >= 0.3 is 12.1 Å². The standard InChI is InChI=1S/C28H26F3NO4S/c1-4-34-25(33)16-35-24-13-12-22(14-17(24)2)37-18(3)15-20-6-5-7-23-26(20)36-27(32-23)19-8-10-21(11-9-19)28(29,30)31/h5-14,18H,4,15-16H2,1-3H3. The van der Waals surface area contributed by atoms with Crippen LogP contribution in [0.3, 0.4) is 0 Å². The summed E-state index contributed by atoms with van der Waals surface area (Å²) in [7, 11) is 0. The zero-order valence-electron chi connectivity index (χ0n) is 20.6. The predicted octanol–water partition coefficient (Wildman–Crippen LogP) is 7.49. The highest BCUT2D eigenvalue weighted by atomic mass is 32.2. The van der Waals surface area contributed by atoms with E-state index >= 15 is 0 Å². The number of benzene rings is 3. The summed E-state index contributed by atoms with van der Waals surface area (Å²) in [4.78, 5) is 17.1. The zero-order chi connectivity index (χ0) is 26.6. The summed E-state index contributed by atoms with van der Waals surface area (Å²) in [6, 6.07) is 16.3. The topological polar surface area (TPSA) is 61.6 Å². The number of esters is 1. The molecule has 0 amide bonds. The van der Waals surface area contributed by atoms with Gasteiger partial charge in [-0.2, -0.15) is 13.2 Å². The van der Waals surface area contributed by atoms with E-state index in [0.29, 0.717) is 35.4 Å². The van der Waals surface area contributed by atoms with Crippen molar-refractivity contribution in [3.8, 4) is 17.2 Å². The number of rotatable bonds is 9. The highest BCUT2D eigenvalue weighted by molar-refractivity contribution is 8.00. The number of nitrogens with zero attached hydrogens (tertiary/aromatic N) is 1. The molecule has 0 saturated carbocycles. The van der Waals surface area contributed by atoms with Crippen molar-refractivity contribution in [2.75, 3.05) is 13.2 Å². The number of fused-ring (bicyclic) bond motifs is 1. The van der Waals surface area contributed by atoms with Gasteiger partial charge in [0.2, 0.25) is 5.89 Å². The van der Waals surface area contributed by atoms with Gasteiger partial charge in [-0.05, 0) is 79.9 Å². The Labute approximate surface area is 217 Å². The molecule has 0 aliphatic heterocycles. The van der Waals surface area contributed by atoms with Gasteiger partial charge in [-0.1, -0.05) is 19.1 Å². The van der Waals surface area contributed by atoms with Crippen LogP contribution in [0, 0.1) is 6.92 Å². The first-order valence-corrected chi connectivity index (χ1v) is 12.6. The summed E-state index contributed by atoms with van der Waals surface area (Å²) in [6.45, 7) is 5.96. The molecule has 0 bridgehead atoms. The molecule has 194 valence electrons. The van der Waals surface area contributed by atoms with Crippen LogP contribution in [0.5, 0.6) is 5.75 Å². The SMILES string of the molecule is CCOC(=O)COc1ccc(SC(C)Cc2cccc3nc(-c4ccc(C(F)(F)F)cc4)oc23)cc1C. The third kappa shape index (κ3) is 6.65. The van der Waals surface area contributed by atoms with E-state index in [1.54, 1.807) is 18.7 Å². The van der Waals surface area contributed by atoms with Gasteiger partial charge in [0.25, 0.3) is 0 Å². The molecule has 5 nitrogen and oxygen atoms in total. The van der Waals surface area contributed by atoms with E-state index in [1.807, 2.05) is 43.3 Å². The molecule has 4 aromatic rings. The zero-order valence-corrected chi connectivity index (χ0v) is 21.4. The van der Waals surface area contributed by atoms with Gasteiger partial charge in [0.15, 0.2) is 12.2 Å². The minimum atomic E-state index is -4.39. The molecule has 1 atom stereocenters. The van der Waals surface area contributed by atoms with Gasteiger partial charge in [0.05, 0.1) is 12.2 Å². The Kier molecular flexibility index (Phi) is 8.12. The van der Waals surface area contributed by atoms with Crippen LogP contribution in [-0.4, -0.2) is 29.4 Å². The summed E-state index contributed by atoms with van der Waals surface area (Å²) in [5, 5.41) is 0.191. The fourth-order valence-electron chi connectivity index (χ4n) is 3.87. The number of oxazole rings is 1. The Bertz CT molecular complexity index is 1380. The number of aromatic nitrogens is 1. The monoisotopic (exact) mass is 529 g/mol. The van der Waals surface area contributed by atoms with Crippen LogP contribution in [0.2, 0.25) is 0 Å². The molecule has 0 spiro atoms. The minimum absolute atomic E-state index is 0.132. The van der Waals surface area contributed by atoms with Gasteiger partial charge in [0, 0.05) is 15.7 Å². The number of carbonyl (C=O) groups is 1. The molecule has 0 saturated heterocycles. The van der Waals surface area contributed by atoms with Crippen molar-refractivity contribution in [3.05, 3.63) is 77.4 Å². The Hall–Kier alpha value is -3.46. The highest BCUT2D eigenvalue weighted by Crippen LogP contribution is 2.34. The van der Waals surface area contributed by atoms with E-state index in [1.165, 1.54) is 12.1 Å². The number of thioether (sulfide) groups is 1. The molecule has 0 aliphatic rings. The lowest BCUT2D eigenvalue weighted by Crippen LogP contribution is -2.14. The number of alkyl halides is 3. The molecule has 9 heteroatoms. The van der Waals surface area contributed by atoms with E-state index in [9.17, 15) is 18.0 Å². The van der Waals surface area contributed by atoms with Crippen molar-refractivity contribution in [3.63, 3.8) is 0 Å². The number of hydrogen-bond acceptors (Lipinski definition) is 6. The average molecular weight is 530 g/mol. The van der Waals surface area contributed by atoms with Crippen molar-refractivity contribution >= 4 is 28.8 Å². The number of halogens is 3. The number of carbonyl (C=O) groups excluding carboxylic acids is 1. The van der Waals surface area contributed by atoms with Crippen LogP contribution in [0.15, 0.2) is 70.0 Å². The van der Waals surface area contributed by atoms with Crippen LogP contribution < -0.4 is 4.74 Å². The largest absolute Gasteiger partial charge is 0.482 e. The van der Waals surface area contributed by atoms with Crippen molar-refractivity contribution in [1.82, 2.24) is 4.98 Å². The van der Waals surface area contributed by atoms with Crippen LogP contribution >= 0.6 is 11.8 Å². The summed E-state index contributed by atoms with van der Waals surface area (Å²) >= 11 is 1.69. The normalized spacial score (nSPS) is 12.5. The van der Waals surface area contributed by atoms with Crippen LogP contribution in [0.4, 0.5) is 13.2 Å². The molecule has 0 aliphatic carbocycles. The van der Waals surface area contributed by atoms with Crippen molar-refractivity contribution < 1.29 is 31.9 Å². The molecule has 3 aromatic carbocycles. The molecule has 4 rings (SSSR count). The third-order valence-electron chi connectivity index (χ3n) is 5.60. The molecule has 0 radical (unpaired) electrons. The van der Waals surface area contributed by atoms with E-state index in [0.717, 1.165) is 28.2 Å². The van der Waals surface area contributed by atoms with Crippen molar-refractivity contribution in [2.24, 2.45) is 0 Å². The summed E-state index contributed by atoms with van der Waals surface area (Å²) < 4.78 is 55.1. The predicted molar refractivity (Wildman–Crippen MR) is 137 cm³/mol. The molecular weight excluding hydrogens is 503 g/mol. The number of hydrogen-bond donors (Lipinski definition) is 0. The molecule has 1 aromatic heterocycles. The quantitative estimate of drug-likeness (QED) is 0.165. The lowest BCUT2D eigenvalue weighted by atomic mass is 10.1. The van der Waals surface area contributed by atoms with E-state index in [2.05, 4.69) is 11.9 Å². The Balaban J connectivity index is 1.45. The number of aryl methyl sites for hydroxylation is 1. The van der Waals surface area contributed by atoms with Crippen molar-refractivity contribution in [2.45, 2.75) is 43.5 Å². The summed E-state index contributed by atoms with van der Waals surface area (Å²) in [5.74, 6) is 0.509. The molecule has 1 unspecified atom stereocenters. The number of para-hydroxylation sites is 1. The summed E-state index contributed by atoms with van der Waals surface area (Å²) in [6.07, 6.45) is -3.70. The number of ether oxygens (including phenoxy) is 2. The first kappa shape index (κ1) is 26.6. The second-order valence-electron chi connectivity index (χ2n) is 8.51. The van der Waals surface area contributed by atoms with Crippen LogP contribution in [-0.2, 0) is 22.1 Å². The highest BCUT2D eigenvalue weighted by Gasteiger charge is 2.30. The molecule has 0 N–H and O–H groups in total. The molecular formula is C28H26F3NO4S. The lowest BCUT2D eigenvalue weighted by Gasteiger charge is -2.14. The molecule has 37 heavy (non-hydrogen) atoms.